The monoisotopic (exact) mass is 222 g/mol. The normalized spacial score (nSPS) is 12.7. The van der Waals surface area contributed by atoms with Crippen molar-refractivity contribution < 1.29 is 4.74 Å². The largest absolute Gasteiger partial charge is 0.493 e. The maximum atomic E-state index is 6.09. The minimum absolute atomic E-state index is 0.392. The molecule has 0 saturated heterocycles. The zero-order valence-electron chi connectivity index (χ0n) is 9.21. The number of aryl methyl sites for hydroxylation is 1. The van der Waals surface area contributed by atoms with Crippen LogP contribution in [0.1, 0.15) is 24.4 Å². The standard InChI is InChI=1S/C9H14N6O/c1-3-15-9(7(16-2)5-12-15)8(10)6-4-11-14-13-6/h4-5,8H,3,10H2,1-2H3,(H,11,13,14). The number of hydrogen-bond donors (Lipinski definition) is 2. The van der Waals surface area contributed by atoms with E-state index in [-0.39, 0.29) is 0 Å². The second-order valence-electron chi connectivity index (χ2n) is 3.29. The predicted octanol–water partition coefficient (Wildman–Crippen LogP) is 0.0778. The number of ether oxygens (including phenoxy) is 1. The number of aromatic nitrogens is 5. The Kier molecular flexibility index (Phi) is 2.86. The summed E-state index contributed by atoms with van der Waals surface area (Å²) < 4.78 is 7.02. The summed E-state index contributed by atoms with van der Waals surface area (Å²) in [6.07, 6.45) is 3.25. The lowest BCUT2D eigenvalue weighted by molar-refractivity contribution is 0.404. The zero-order valence-corrected chi connectivity index (χ0v) is 9.21. The van der Waals surface area contributed by atoms with E-state index in [4.69, 9.17) is 10.5 Å². The number of rotatable bonds is 4. The maximum Gasteiger partial charge on any atom is 0.161 e. The van der Waals surface area contributed by atoms with Crippen LogP contribution in [0, 0.1) is 0 Å². The van der Waals surface area contributed by atoms with Crippen molar-refractivity contribution in [1.82, 2.24) is 25.2 Å². The van der Waals surface area contributed by atoms with Crippen molar-refractivity contribution in [1.29, 1.82) is 0 Å². The number of hydrogen-bond acceptors (Lipinski definition) is 5. The quantitative estimate of drug-likeness (QED) is 0.763. The minimum Gasteiger partial charge on any atom is -0.493 e. The number of methoxy groups -OCH3 is 1. The van der Waals surface area contributed by atoms with Crippen molar-refractivity contribution >= 4 is 0 Å². The molecule has 1 unspecified atom stereocenters. The topological polar surface area (TPSA) is 94.6 Å². The first-order chi connectivity index (χ1) is 7.77. The van der Waals surface area contributed by atoms with E-state index < -0.39 is 6.04 Å². The van der Waals surface area contributed by atoms with Gasteiger partial charge in [0.2, 0.25) is 0 Å². The van der Waals surface area contributed by atoms with Crippen LogP contribution in [0.3, 0.4) is 0 Å². The minimum atomic E-state index is -0.392. The summed E-state index contributed by atoms with van der Waals surface area (Å²) in [7, 11) is 1.59. The number of nitrogens with two attached hydrogens (primary N) is 1. The van der Waals surface area contributed by atoms with Crippen LogP contribution in [0.4, 0.5) is 0 Å². The molecule has 7 heteroatoms. The molecule has 2 heterocycles. The van der Waals surface area contributed by atoms with Gasteiger partial charge in [-0.05, 0) is 6.92 Å². The molecule has 3 N–H and O–H groups in total. The van der Waals surface area contributed by atoms with Crippen molar-refractivity contribution in [3.63, 3.8) is 0 Å². The second-order valence-corrected chi connectivity index (χ2v) is 3.29. The SMILES string of the molecule is CCn1ncc(OC)c1C(N)c1cn[nH]n1. The summed E-state index contributed by atoms with van der Waals surface area (Å²) in [4.78, 5) is 0. The van der Waals surface area contributed by atoms with Crippen molar-refractivity contribution in [2.75, 3.05) is 7.11 Å². The lowest BCUT2D eigenvalue weighted by atomic mass is 10.1. The summed E-state index contributed by atoms with van der Waals surface area (Å²) in [5, 5.41) is 14.4. The molecule has 0 saturated carbocycles. The average Bonchev–Trinajstić information content (AvgIpc) is 2.96. The highest BCUT2D eigenvalue weighted by Crippen LogP contribution is 2.26. The Morgan fingerprint density at radius 3 is 2.94 bits per heavy atom. The molecule has 0 bridgehead atoms. The molecule has 0 aliphatic heterocycles. The van der Waals surface area contributed by atoms with Gasteiger partial charge in [-0.3, -0.25) is 4.68 Å². The molecular weight excluding hydrogens is 208 g/mol. The first-order valence-electron chi connectivity index (χ1n) is 4.98. The Bertz CT molecular complexity index is 427. The lowest BCUT2D eigenvalue weighted by Crippen LogP contribution is -2.18. The smallest absolute Gasteiger partial charge is 0.161 e. The molecule has 7 nitrogen and oxygen atoms in total. The molecule has 86 valence electrons. The van der Waals surface area contributed by atoms with Gasteiger partial charge in [0.25, 0.3) is 0 Å². The number of nitrogens with one attached hydrogen (secondary N) is 1. The van der Waals surface area contributed by atoms with Gasteiger partial charge in [0.1, 0.15) is 11.4 Å². The molecule has 2 aromatic rings. The van der Waals surface area contributed by atoms with E-state index in [1.165, 1.54) is 0 Å². The Balaban J connectivity index is 2.41. The highest BCUT2D eigenvalue weighted by molar-refractivity contribution is 5.32. The van der Waals surface area contributed by atoms with Gasteiger partial charge >= 0.3 is 0 Å². The number of nitrogens with zero attached hydrogens (tertiary/aromatic N) is 4. The summed E-state index contributed by atoms with van der Waals surface area (Å²) in [6.45, 7) is 2.72. The highest BCUT2D eigenvalue weighted by atomic mass is 16.5. The molecule has 0 aliphatic carbocycles. The highest BCUT2D eigenvalue weighted by Gasteiger charge is 2.21. The third-order valence-electron chi connectivity index (χ3n) is 2.41. The van der Waals surface area contributed by atoms with Crippen LogP contribution in [-0.2, 0) is 6.54 Å². The Labute approximate surface area is 92.6 Å². The maximum absolute atomic E-state index is 6.09. The fourth-order valence-corrected chi connectivity index (χ4v) is 1.60. The van der Waals surface area contributed by atoms with E-state index in [1.54, 1.807) is 24.2 Å². The molecular formula is C9H14N6O. The van der Waals surface area contributed by atoms with Crippen molar-refractivity contribution in [2.45, 2.75) is 19.5 Å². The van der Waals surface area contributed by atoms with Gasteiger partial charge in [-0.1, -0.05) is 0 Å². The van der Waals surface area contributed by atoms with Crippen LogP contribution < -0.4 is 10.5 Å². The van der Waals surface area contributed by atoms with E-state index >= 15 is 0 Å². The van der Waals surface area contributed by atoms with Crippen LogP contribution in [0.15, 0.2) is 12.4 Å². The fourth-order valence-electron chi connectivity index (χ4n) is 1.60. The summed E-state index contributed by atoms with van der Waals surface area (Å²) >= 11 is 0. The number of aromatic amines is 1. The van der Waals surface area contributed by atoms with E-state index in [9.17, 15) is 0 Å². The van der Waals surface area contributed by atoms with Crippen LogP contribution in [-0.4, -0.2) is 32.3 Å². The van der Waals surface area contributed by atoms with Crippen molar-refractivity contribution in [2.24, 2.45) is 5.73 Å². The second kappa shape index (κ2) is 4.31. The molecule has 16 heavy (non-hydrogen) atoms. The molecule has 0 amide bonds. The van der Waals surface area contributed by atoms with Gasteiger partial charge in [-0.15, -0.1) is 0 Å². The van der Waals surface area contributed by atoms with Gasteiger partial charge < -0.3 is 10.5 Å². The molecule has 0 radical (unpaired) electrons. The van der Waals surface area contributed by atoms with Gasteiger partial charge in [0.05, 0.1) is 25.5 Å². The van der Waals surface area contributed by atoms with E-state index in [1.807, 2.05) is 6.92 Å². The lowest BCUT2D eigenvalue weighted by Gasteiger charge is -2.12. The molecule has 2 aromatic heterocycles. The zero-order chi connectivity index (χ0) is 11.5. The molecule has 0 spiro atoms. The van der Waals surface area contributed by atoms with Gasteiger partial charge in [-0.2, -0.15) is 20.5 Å². The van der Waals surface area contributed by atoms with E-state index in [0.29, 0.717) is 11.4 Å². The average molecular weight is 222 g/mol. The molecule has 2 rings (SSSR count). The fraction of sp³-hybridized carbons (Fsp3) is 0.444. The van der Waals surface area contributed by atoms with Gasteiger partial charge in [-0.25, -0.2) is 0 Å². The van der Waals surface area contributed by atoms with Crippen molar-refractivity contribution in [3.8, 4) is 5.75 Å². The molecule has 0 fully saturated rings. The third-order valence-corrected chi connectivity index (χ3v) is 2.41. The summed E-state index contributed by atoms with van der Waals surface area (Å²) in [6, 6.07) is -0.392. The molecule has 0 aromatic carbocycles. The first kappa shape index (κ1) is 10.6. The predicted molar refractivity (Wildman–Crippen MR) is 56.9 cm³/mol. The Morgan fingerprint density at radius 1 is 1.56 bits per heavy atom. The number of H-pyrrole nitrogens is 1. The third kappa shape index (κ3) is 1.65. The molecule has 0 aliphatic rings. The summed E-state index contributed by atoms with van der Waals surface area (Å²) in [5.74, 6) is 0.664. The molecule has 1 atom stereocenters. The van der Waals surface area contributed by atoms with Crippen molar-refractivity contribution in [3.05, 3.63) is 23.8 Å². The Hall–Kier alpha value is -1.89. The van der Waals surface area contributed by atoms with Crippen LogP contribution >= 0.6 is 0 Å². The van der Waals surface area contributed by atoms with Crippen LogP contribution in [0.25, 0.3) is 0 Å². The van der Waals surface area contributed by atoms with E-state index in [2.05, 4.69) is 20.5 Å². The first-order valence-corrected chi connectivity index (χ1v) is 4.98. The Morgan fingerprint density at radius 2 is 2.38 bits per heavy atom. The van der Waals surface area contributed by atoms with E-state index in [0.717, 1.165) is 12.2 Å². The van der Waals surface area contributed by atoms with Gasteiger partial charge in [0.15, 0.2) is 5.75 Å². The van der Waals surface area contributed by atoms with Crippen LogP contribution in [0.5, 0.6) is 5.75 Å². The van der Waals surface area contributed by atoms with Gasteiger partial charge in [0, 0.05) is 6.54 Å². The van der Waals surface area contributed by atoms with Crippen LogP contribution in [0.2, 0.25) is 0 Å². The summed E-state index contributed by atoms with van der Waals surface area (Å²) in [5.41, 5.74) is 7.56.